The van der Waals surface area contributed by atoms with E-state index in [-0.39, 0.29) is 22.3 Å². The minimum atomic E-state index is -0.393. The number of nitrogens with one attached hydrogen (secondary N) is 1. The first-order valence-electron chi connectivity index (χ1n) is 10.4. The van der Waals surface area contributed by atoms with Gasteiger partial charge in [-0.15, -0.1) is 0 Å². The zero-order valence-corrected chi connectivity index (χ0v) is 17.9. The van der Waals surface area contributed by atoms with E-state index in [2.05, 4.69) is 23.0 Å². The number of aromatic nitrogens is 3. The highest BCUT2D eigenvalue weighted by Crippen LogP contribution is 2.31. The van der Waals surface area contributed by atoms with Gasteiger partial charge in [0.05, 0.1) is 11.8 Å². The molecule has 0 aliphatic carbocycles. The number of aromatic hydroxyl groups is 1. The lowest BCUT2D eigenvalue weighted by molar-refractivity contribution is 0.154. The Labute approximate surface area is 176 Å². The molecule has 0 radical (unpaired) electrons. The van der Waals surface area contributed by atoms with E-state index >= 15 is 0 Å². The zero-order chi connectivity index (χ0) is 20.8. The standard InChI is InChI=1S/C21H29N5O2S/c1-3-5-12-25-20(28)18(19(27)23-21(25)29)16(4-2)24-26-13-7-6-10-17(26)15-9-8-11-22-14-15/h8-9,11,14,17,28H,3-7,10,12-13H2,1-2H3,(H,23,27,29)/t17-/m1/s1. The third kappa shape index (κ3) is 4.75. The van der Waals surface area contributed by atoms with Crippen LogP contribution in [0.1, 0.15) is 69.5 Å². The van der Waals surface area contributed by atoms with Crippen LogP contribution in [-0.4, -0.2) is 36.9 Å². The average molecular weight is 416 g/mol. The van der Waals surface area contributed by atoms with Gasteiger partial charge in [0.15, 0.2) is 4.77 Å². The maximum Gasteiger partial charge on any atom is 0.264 e. The molecule has 2 aromatic rings. The molecule has 0 spiro atoms. The molecule has 1 saturated heterocycles. The molecule has 1 aliphatic rings. The van der Waals surface area contributed by atoms with E-state index in [1.807, 2.05) is 24.2 Å². The summed E-state index contributed by atoms with van der Waals surface area (Å²) in [6, 6.07) is 4.11. The number of pyridine rings is 1. The Morgan fingerprint density at radius 3 is 2.93 bits per heavy atom. The summed E-state index contributed by atoms with van der Waals surface area (Å²) in [5.41, 5.74) is 1.51. The Bertz CT molecular complexity index is 967. The Morgan fingerprint density at radius 1 is 1.41 bits per heavy atom. The number of hydrazone groups is 1. The van der Waals surface area contributed by atoms with Crippen LogP contribution in [0.4, 0.5) is 0 Å². The van der Waals surface area contributed by atoms with Gasteiger partial charge < -0.3 is 5.11 Å². The largest absolute Gasteiger partial charge is 0.494 e. The first kappa shape index (κ1) is 21.2. The normalized spacial score (nSPS) is 17.5. The van der Waals surface area contributed by atoms with Crippen molar-refractivity contribution in [2.45, 2.75) is 65.0 Å². The van der Waals surface area contributed by atoms with Crippen LogP contribution >= 0.6 is 12.2 Å². The van der Waals surface area contributed by atoms with E-state index in [0.717, 1.165) is 44.2 Å². The second-order valence-corrected chi connectivity index (χ2v) is 7.71. The highest BCUT2D eigenvalue weighted by atomic mass is 32.1. The fraction of sp³-hybridized carbons (Fsp3) is 0.524. The smallest absolute Gasteiger partial charge is 0.264 e. The first-order chi connectivity index (χ1) is 14.1. The Hall–Kier alpha value is -2.48. The molecule has 2 N–H and O–H groups in total. The van der Waals surface area contributed by atoms with E-state index in [4.69, 9.17) is 17.3 Å². The van der Waals surface area contributed by atoms with Crippen molar-refractivity contribution in [2.75, 3.05) is 6.54 Å². The molecule has 3 heterocycles. The molecule has 1 atom stereocenters. The number of unbranched alkanes of at least 4 members (excludes halogenated alkanes) is 1. The van der Waals surface area contributed by atoms with Crippen LogP contribution in [-0.2, 0) is 6.54 Å². The lowest BCUT2D eigenvalue weighted by Gasteiger charge is -2.34. The summed E-state index contributed by atoms with van der Waals surface area (Å²) in [5.74, 6) is -0.0947. The van der Waals surface area contributed by atoms with E-state index in [1.54, 1.807) is 10.8 Å². The summed E-state index contributed by atoms with van der Waals surface area (Å²) in [7, 11) is 0. The third-order valence-electron chi connectivity index (χ3n) is 5.32. The molecule has 3 rings (SSSR count). The van der Waals surface area contributed by atoms with Crippen molar-refractivity contribution in [1.29, 1.82) is 0 Å². The summed E-state index contributed by atoms with van der Waals surface area (Å²) in [4.78, 5) is 19.6. The van der Waals surface area contributed by atoms with Crippen molar-refractivity contribution in [3.8, 4) is 5.88 Å². The van der Waals surface area contributed by atoms with Crippen LogP contribution in [0.15, 0.2) is 34.4 Å². The summed E-state index contributed by atoms with van der Waals surface area (Å²) >= 11 is 5.26. The van der Waals surface area contributed by atoms with Gasteiger partial charge in [-0.1, -0.05) is 26.3 Å². The van der Waals surface area contributed by atoms with Gasteiger partial charge in [-0.2, -0.15) is 5.10 Å². The van der Waals surface area contributed by atoms with Crippen LogP contribution < -0.4 is 5.56 Å². The second kappa shape index (κ2) is 9.82. The van der Waals surface area contributed by atoms with Crippen LogP contribution in [0.3, 0.4) is 0 Å². The molecule has 1 fully saturated rings. The van der Waals surface area contributed by atoms with Gasteiger partial charge in [0.1, 0.15) is 5.56 Å². The molecule has 0 amide bonds. The van der Waals surface area contributed by atoms with Crippen molar-refractivity contribution in [3.05, 3.63) is 50.8 Å². The minimum Gasteiger partial charge on any atom is -0.494 e. The fourth-order valence-electron chi connectivity index (χ4n) is 3.74. The van der Waals surface area contributed by atoms with Gasteiger partial charge in [-0.05, 0) is 56.0 Å². The van der Waals surface area contributed by atoms with E-state index < -0.39 is 5.56 Å². The van der Waals surface area contributed by atoms with Gasteiger partial charge in [0.2, 0.25) is 5.88 Å². The maximum atomic E-state index is 12.7. The SMILES string of the molecule is CCCCn1c(O)c(C(CC)=NN2CCCC[C@@H]2c2cccnc2)c(=O)[nH]c1=S. The maximum absolute atomic E-state index is 12.7. The molecule has 0 saturated carbocycles. The first-order valence-corrected chi connectivity index (χ1v) is 10.8. The second-order valence-electron chi connectivity index (χ2n) is 7.32. The number of H-pyrrole nitrogens is 1. The molecule has 1 aliphatic heterocycles. The van der Waals surface area contributed by atoms with Crippen molar-refractivity contribution in [2.24, 2.45) is 5.10 Å². The van der Waals surface area contributed by atoms with Crippen molar-refractivity contribution < 1.29 is 5.11 Å². The number of hydrogen-bond donors (Lipinski definition) is 2. The van der Waals surface area contributed by atoms with Gasteiger partial charge in [0.25, 0.3) is 5.56 Å². The number of nitrogens with zero attached hydrogens (tertiary/aromatic N) is 4. The van der Waals surface area contributed by atoms with E-state index in [9.17, 15) is 9.90 Å². The number of piperidine rings is 1. The van der Waals surface area contributed by atoms with E-state index in [1.165, 1.54) is 0 Å². The zero-order valence-electron chi connectivity index (χ0n) is 17.1. The Kier molecular flexibility index (Phi) is 7.19. The highest BCUT2D eigenvalue weighted by Gasteiger charge is 2.25. The number of hydrogen-bond acceptors (Lipinski definition) is 6. The highest BCUT2D eigenvalue weighted by molar-refractivity contribution is 7.71. The van der Waals surface area contributed by atoms with Crippen LogP contribution in [0, 0.1) is 4.77 Å². The fourth-order valence-corrected chi connectivity index (χ4v) is 4.01. The summed E-state index contributed by atoms with van der Waals surface area (Å²) < 4.78 is 1.83. The monoisotopic (exact) mass is 415 g/mol. The summed E-state index contributed by atoms with van der Waals surface area (Å²) in [5, 5.41) is 17.7. The van der Waals surface area contributed by atoms with Crippen LogP contribution in [0.5, 0.6) is 5.88 Å². The van der Waals surface area contributed by atoms with Gasteiger partial charge in [-0.3, -0.25) is 24.3 Å². The quantitative estimate of drug-likeness (QED) is 0.524. The molecule has 29 heavy (non-hydrogen) atoms. The van der Waals surface area contributed by atoms with Crippen molar-refractivity contribution >= 4 is 17.9 Å². The lowest BCUT2D eigenvalue weighted by atomic mass is 9.98. The Balaban J connectivity index is 2.03. The molecule has 0 bridgehead atoms. The topological polar surface area (TPSA) is 86.5 Å². The van der Waals surface area contributed by atoms with Crippen LogP contribution in [0.25, 0.3) is 0 Å². The molecular formula is C21H29N5O2S. The molecule has 0 aromatic carbocycles. The molecule has 2 aromatic heterocycles. The lowest BCUT2D eigenvalue weighted by Crippen LogP contribution is -2.32. The van der Waals surface area contributed by atoms with Gasteiger partial charge >= 0.3 is 0 Å². The average Bonchev–Trinajstić information content (AvgIpc) is 2.73. The number of rotatable bonds is 7. The van der Waals surface area contributed by atoms with E-state index in [0.29, 0.717) is 18.7 Å². The molecular weight excluding hydrogens is 386 g/mol. The molecule has 7 nitrogen and oxygen atoms in total. The Morgan fingerprint density at radius 2 is 2.24 bits per heavy atom. The minimum absolute atomic E-state index is 0.0947. The molecule has 0 unspecified atom stereocenters. The van der Waals surface area contributed by atoms with Crippen LogP contribution in [0.2, 0.25) is 0 Å². The predicted octanol–water partition coefficient (Wildman–Crippen LogP) is 4.15. The summed E-state index contributed by atoms with van der Waals surface area (Å²) in [6.45, 7) is 5.38. The predicted molar refractivity (Wildman–Crippen MR) is 117 cm³/mol. The van der Waals surface area contributed by atoms with Gasteiger partial charge in [-0.25, -0.2) is 0 Å². The van der Waals surface area contributed by atoms with Crippen molar-refractivity contribution in [1.82, 2.24) is 19.5 Å². The van der Waals surface area contributed by atoms with Gasteiger partial charge in [0, 0.05) is 25.5 Å². The molecule has 156 valence electrons. The number of aromatic amines is 1. The molecule has 8 heteroatoms. The van der Waals surface area contributed by atoms with Crippen molar-refractivity contribution in [3.63, 3.8) is 0 Å². The summed E-state index contributed by atoms with van der Waals surface area (Å²) in [6.07, 6.45) is 9.14. The third-order valence-corrected chi connectivity index (χ3v) is 5.65.